The SMILES string of the molecule is Cc1ccc(NC(=O)CN2C(=O)N/C(=C\c3ccc(-c4ccc(Cl)cc4)o3)C2=O)cc1. The van der Waals surface area contributed by atoms with Crippen LogP contribution >= 0.6 is 11.6 Å². The topological polar surface area (TPSA) is 91.7 Å². The molecular formula is C23H18ClN3O4. The first-order valence-electron chi connectivity index (χ1n) is 9.46. The summed E-state index contributed by atoms with van der Waals surface area (Å²) in [5, 5.41) is 5.76. The first kappa shape index (κ1) is 20.4. The normalized spacial score (nSPS) is 14.8. The maximum atomic E-state index is 12.6. The Kier molecular flexibility index (Phi) is 5.60. The molecule has 0 unspecified atom stereocenters. The summed E-state index contributed by atoms with van der Waals surface area (Å²) in [6, 6.07) is 17.1. The van der Waals surface area contributed by atoms with Crippen molar-refractivity contribution in [3.63, 3.8) is 0 Å². The molecule has 2 aromatic carbocycles. The molecule has 2 heterocycles. The molecule has 0 atom stereocenters. The van der Waals surface area contributed by atoms with Crippen molar-refractivity contribution < 1.29 is 18.8 Å². The van der Waals surface area contributed by atoms with Crippen LogP contribution in [-0.4, -0.2) is 29.3 Å². The molecule has 1 fully saturated rings. The molecule has 7 nitrogen and oxygen atoms in total. The Balaban J connectivity index is 1.44. The van der Waals surface area contributed by atoms with Crippen LogP contribution in [0.25, 0.3) is 17.4 Å². The monoisotopic (exact) mass is 435 g/mol. The van der Waals surface area contributed by atoms with Crippen LogP contribution in [0, 0.1) is 6.92 Å². The molecular weight excluding hydrogens is 418 g/mol. The van der Waals surface area contributed by atoms with E-state index in [0.717, 1.165) is 16.0 Å². The maximum absolute atomic E-state index is 12.6. The van der Waals surface area contributed by atoms with Crippen LogP contribution in [0.4, 0.5) is 10.5 Å². The number of nitrogens with zero attached hydrogens (tertiary/aromatic N) is 1. The number of carbonyl (C=O) groups excluding carboxylic acids is 3. The van der Waals surface area contributed by atoms with Gasteiger partial charge in [0.05, 0.1) is 0 Å². The Morgan fingerprint density at radius 1 is 1.06 bits per heavy atom. The molecule has 156 valence electrons. The van der Waals surface area contributed by atoms with Gasteiger partial charge in [-0.15, -0.1) is 0 Å². The third-order valence-electron chi connectivity index (χ3n) is 4.64. The largest absolute Gasteiger partial charge is 0.457 e. The summed E-state index contributed by atoms with van der Waals surface area (Å²) in [6.07, 6.45) is 1.43. The van der Waals surface area contributed by atoms with Gasteiger partial charge in [-0.2, -0.15) is 0 Å². The van der Waals surface area contributed by atoms with Crippen molar-refractivity contribution in [1.82, 2.24) is 10.2 Å². The second kappa shape index (κ2) is 8.49. The van der Waals surface area contributed by atoms with Crippen molar-refractivity contribution in [3.05, 3.63) is 82.7 Å². The fourth-order valence-corrected chi connectivity index (χ4v) is 3.16. The molecule has 4 amide bonds. The number of nitrogens with one attached hydrogen (secondary N) is 2. The molecule has 0 spiro atoms. The maximum Gasteiger partial charge on any atom is 0.329 e. The summed E-state index contributed by atoms with van der Waals surface area (Å²) >= 11 is 5.90. The number of furan rings is 1. The highest BCUT2D eigenvalue weighted by atomic mass is 35.5. The minimum atomic E-state index is -0.667. The minimum Gasteiger partial charge on any atom is -0.457 e. The molecule has 0 saturated carbocycles. The second-order valence-corrected chi connectivity index (χ2v) is 7.44. The first-order chi connectivity index (χ1) is 14.9. The number of carbonyl (C=O) groups is 3. The van der Waals surface area contributed by atoms with E-state index >= 15 is 0 Å². The zero-order valence-electron chi connectivity index (χ0n) is 16.5. The molecule has 0 radical (unpaired) electrons. The number of anilines is 1. The summed E-state index contributed by atoms with van der Waals surface area (Å²) in [6.45, 7) is 1.54. The van der Waals surface area contributed by atoms with E-state index in [0.29, 0.717) is 22.2 Å². The van der Waals surface area contributed by atoms with E-state index in [1.54, 1.807) is 36.4 Å². The number of hydrogen-bond donors (Lipinski definition) is 2. The third-order valence-corrected chi connectivity index (χ3v) is 4.89. The van der Waals surface area contributed by atoms with Gasteiger partial charge < -0.3 is 15.1 Å². The number of amides is 4. The van der Waals surface area contributed by atoms with E-state index in [1.807, 2.05) is 31.2 Å². The van der Waals surface area contributed by atoms with Crippen LogP contribution in [0.5, 0.6) is 0 Å². The number of benzene rings is 2. The number of imide groups is 1. The fraction of sp³-hybridized carbons (Fsp3) is 0.0870. The lowest BCUT2D eigenvalue weighted by molar-refractivity contribution is -0.127. The average Bonchev–Trinajstić information content (AvgIpc) is 3.31. The standard InChI is InChI=1S/C23H18ClN3O4/c1-14-2-8-17(9-3-14)25-21(28)13-27-22(29)19(26-23(27)30)12-18-10-11-20(31-18)15-4-6-16(24)7-5-15/h2-12H,13H2,1H3,(H,25,28)(H,26,30)/b19-12-. The van der Waals surface area contributed by atoms with E-state index in [-0.39, 0.29) is 5.70 Å². The molecule has 1 aromatic heterocycles. The van der Waals surface area contributed by atoms with E-state index in [1.165, 1.54) is 6.08 Å². The molecule has 2 N–H and O–H groups in total. The fourth-order valence-electron chi connectivity index (χ4n) is 3.04. The lowest BCUT2D eigenvalue weighted by Gasteiger charge is -2.12. The van der Waals surface area contributed by atoms with Gasteiger partial charge in [0.1, 0.15) is 23.8 Å². The summed E-state index contributed by atoms with van der Waals surface area (Å²) in [7, 11) is 0. The Labute approximate surface area is 183 Å². The Morgan fingerprint density at radius 3 is 2.48 bits per heavy atom. The Hall–Kier alpha value is -3.84. The molecule has 1 aliphatic rings. The van der Waals surface area contributed by atoms with Gasteiger partial charge >= 0.3 is 6.03 Å². The number of hydrogen-bond acceptors (Lipinski definition) is 4. The lowest BCUT2D eigenvalue weighted by atomic mass is 10.2. The predicted octanol–water partition coefficient (Wildman–Crippen LogP) is 4.44. The summed E-state index contributed by atoms with van der Waals surface area (Å²) in [4.78, 5) is 37.9. The van der Waals surface area contributed by atoms with E-state index < -0.39 is 24.4 Å². The molecule has 1 aliphatic heterocycles. The van der Waals surface area contributed by atoms with Crippen molar-refractivity contribution >= 4 is 41.2 Å². The van der Waals surface area contributed by atoms with Crippen LogP contribution in [-0.2, 0) is 9.59 Å². The highest BCUT2D eigenvalue weighted by molar-refractivity contribution is 6.30. The minimum absolute atomic E-state index is 0.0325. The van der Waals surface area contributed by atoms with Crippen molar-refractivity contribution in [1.29, 1.82) is 0 Å². The molecule has 31 heavy (non-hydrogen) atoms. The number of halogens is 1. The number of urea groups is 1. The highest BCUT2D eigenvalue weighted by Crippen LogP contribution is 2.25. The van der Waals surface area contributed by atoms with Gasteiger partial charge in [0.25, 0.3) is 5.91 Å². The van der Waals surface area contributed by atoms with Gasteiger partial charge in [-0.1, -0.05) is 29.3 Å². The van der Waals surface area contributed by atoms with Gasteiger partial charge in [0.15, 0.2) is 0 Å². The number of aryl methyl sites for hydroxylation is 1. The van der Waals surface area contributed by atoms with E-state index in [4.69, 9.17) is 16.0 Å². The summed E-state index contributed by atoms with van der Waals surface area (Å²) < 4.78 is 5.74. The van der Waals surface area contributed by atoms with Crippen LogP contribution in [0.15, 0.2) is 70.8 Å². The van der Waals surface area contributed by atoms with Crippen molar-refractivity contribution in [2.75, 3.05) is 11.9 Å². The van der Waals surface area contributed by atoms with Gasteiger partial charge in [0.2, 0.25) is 5.91 Å². The Morgan fingerprint density at radius 2 is 1.77 bits per heavy atom. The van der Waals surface area contributed by atoms with Crippen LogP contribution in [0.3, 0.4) is 0 Å². The van der Waals surface area contributed by atoms with Gasteiger partial charge in [-0.25, -0.2) is 9.69 Å². The van der Waals surface area contributed by atoms with E-state index in [2.05, 4.69) is 10.6 Å². The molecule has 4 rings (SSSR count). The smallest absolute Gasteiger partial charge is 0.329 e. The van der Waals surface area contributed by atoms with Crippen molar-refractivity contribution in [3.8, 4) is 11.3 Å². The molecule has 0 aliphatic carbocycles. The quantitative estimate of drug-likeness (QED) is 0.457. The first-order valence-corrected chi connectivity index (χ1v) is 9.84. The highest BCUT2D eigenvalue weighted by Gasteiger charge is 2.35. The summed E-state index contributed by atoms with van der Waals surface area (Å²) in [5.74, 6) is -0.0979. The van der Waals surface area contributed by atoms with Crippen molar-refractivity contribution in [2.24, 2.45) is 0 Å². The second-order valence-electron chi connectivity index (χ2n) is 7.00. The van der Waals surface area contributed by atoms with Gasteiger partial charge in [0, 0.05) is 22.3 Å². The molecule has 3 aromatic rings. The number of rotatable bonds is 5. The van der Waals surface area contributed by atoms with Gasteiger partial charge in [-0.05, 0) is 55.5 Å². The van der Waals surface area contributed by atoms with Crippen LogP contribution < -0.4 is 10.6 Å². The third kappa shape index (κ3) is 4.67. The molecule has 0 bridgehead atoms. The lowest BCUT2D eigenvalue weighted by Crippen LogP contribution is -2.38. The van der Waals surface area contributed by atoms with Crippen LogP contribution in [0.1, 0.15) is 11.3 Å². The predicted molar refractivity (Wildman–Crippen MR) is 117 cm³/mol. The van der Waals surface area contributed by atoms with E-state index in [9.17, 15) is 14.4 Å². The average molecular weight is 436 g/mol. The summed E-state index contributed by atoms with van der Waals surface area (Å²) in [5.41, 5.74) is 2.50. The van der Waals surface area contributed by atoms with Gasteiger partial charge in [-0.3, -0.25) is 9.59 Å². The zero-order chi connectivity index (χ0) is 22.0. The van der Waals surface area contributed by atoms with Crippen molar-refractivity contribution in [2.45, 2.75) is 6.92 Å². The van der Waals surface area contributed by atoms with Crippen LogP contribution in [0.2, 0.25) is 5.02 Å². The Bertz CT molecular complexity index is 1180. The zero-order valence-corrected chi connectivity index (χ0v) is 17.3. The molecule has 8 heteroatoms. The molecule has 1 saturated heterocycles.